The van der Waals surface area contributed by atoms with Crippen LogP contribution in [0.4, 0.5) is 10.1 Å². The van der Waals surface area contributed by atoms with Gasteiger partial charge in [-0.25, -0.2) is 9.37 Å². The number of nitrogens with zero attached hydrogens (tertiary/aromatic N) is 1. The van der Waals surface area contributed by atoms with E-state index in [1.165, 1.54) is 12.3 Å². The van der Waals surface area contributed by atoms with E-state index in [9.17, 15) is 12.8 Å². The predicted molar refractivity (Wildman–Crippen MR) is 65.5 cm³/mol. The molecule has 8 heteroatoms. The van der Waals surface area contributed by atoms with Crippen LogP contribution in [0.5, 0.6) is 0 Å². The highest BCUT2D eigenvalue weighted by Crippen LogP contribution is 2.20. The highest BCUT2D eigenvalue weighted by molar-refractivity contribution is 7.92. The van der Waals surface area contributed by atoms with E-state index < -0.39 is 15.8 Å². The highest BCUT2D eigenvalue weighted by Gasteiger charge is 2.17. The molecule has 0 amide bonds. The second-order valence-electron chi connectivity index (χ2n) is 3.60. The van der Waals surface area contributed by atoms with Crippen molar-refractivity contribution in [1.29, 1.82) is 0 Å². The normalized spacial score (nSPS) is 11.5. The summed E-state index contributed by atoms with van der Waals surface area (Å²) in [6.07, 6.45) is 1.18. The van der Waals surface area contributed by atoms with Crippen molar-refractivity contribution in [3.63, 3.8) is 0 Å². The first-order chi connectivity index (χ1) is 8.37. The first-order valence-corrected chi connectivity index (χ1v) is 6.73. The number of halogens is 2. The van der Waals surface area contributed by atoms with Crippen molar-refractivity contribution in [2.75, 3.05) is 4.72 Å². The molecule has 2 rings (SSSR count). The van der Waals surface area contributed by atoms with Crippen molar-refractivity contribution >= 4 is 27.3 Å². The zero-order valence-corrected chi connectivity index (χ0v) is 10.8. The molecule has 1 aromatic carbocycles. The van der Waals surface area contributed by atoms with E-state index in [2.05, 4.69) is 14.7 Å². The zero-order chi connectivity index (χ0) is 13.3. The Morgan fingerprint density at radius 2 is 2.11 bits per heavy atom. The molecule has 0 aliphatic heterocycles. The number of rotatable bonds is 3. The lowest BCUT2D eigenvalue weighted by molar-refractivity contribution is 0.598. The molecule has 0 bridgehead atoms. The Labute approximate surface area is 108 Å². The maximum absolute atomic E-state index is 13.1. The summed E-state index contributed by atoms with van der Waals surface area (Å²) >= 11 is 5.63. The van der Waals surface area contributed by atoms with Crippen molar-refractivity contribution in [1.82, 2.24) is 9.97 Å². The van der Waals surface area contributed by atoms with E-state index in [0.29, 0.717) is 5.82 Å². The first-order valence-electron chi connectivity index (χ1n) is 4.87. The first kappa shape index (κ1) is 12.8. The number of nitrogens with one attached hydrogen (secondary N) is 2. The van der Waals surface area contributed by atoms with E-state index in [-0.39, 0.29) is 15.7 Å². The molecule has 0 radical (unpaired) electrons. The summed E-state index contributed by atoms with van der Waals surface area (Å²) in [4.78, 5) is 6.36. The Morgan fingerprint density at radius 1 is 1.39 bits per heavy atom. The quantitative estimate of drug-likeness (QED) is 0.910. The molecular weight excluding hydrogens is 281 g/mol. The van der Waals surface area contributed by atoms with Gasteiger partial charge in [-0.1, -0.05) is 11.6 Å². The van der Waals surface area contributed by atoms with Crippen LogP contribution in [0.3, 0.4) is 0 Å². The van der Waals surface area contributed by atoms with Crippen LogP contribution in [-0.2, 0) is 10.0 Å². The molecule has 0 fully saturated rings. The summed E-state index contributed by atoms with van der Waals surface area (Å²) in [6.45, 7) is 1.62. The third-order valence-corrected chi connectivity index (χ3v) is 3.59. The summed E-state index contributed by atoms with van der Waals surface area (Å²) in [5.74, 6) is -0.159. The Balaban J connectivity index is 2.33. The van der Waals surface area contributed by atoms with Crippen molar-refractivity contribution < 1.29 is 12.8 Å². The summed E-state index contributed by atoms with van der Waals surface area (Å²) in [6, 6.07) is 3.43. The van der Waals surface area contributed by atoms with Crippen LogP contribution in [0.2, 0.25) is 5.02 Å². The number of H-pyrrole nitrogens is 1. The fourth-order valence-electron chi connectivity index (χ4n) is 1.36. The zero-order valence-electron chi connectivity index (χ0n) is 9.24. The van der Waals surface area contributed by atoms with Crippen LogP contribution in [0.25, 0.3) is 0 Å². The van der Waals surface area contributed by atoms with Crippen molar-refractivity contribution in [2.45, 2.75) is 11.9 Å². The number of hydrogen-bond acceptors (Lipinski definition) is 3. The Bertz CT molecular complexity index is 664. The topological polar surface area (TPSA) is 74.8 Å². The number of imidazole rings is 1. The van der Waals surface area contributed by atoms with Crippen molar-refractivity contribution in [2.24, 2.45) is 0 Å². The van der Waals surface area contributed by atoms with Crippen LogP contribution < -0.4 is 4.72 Å². The summed E-state index contributed by atoms with van der Waals surface area (Å²) in [7, 11) is -3.82. The molecule has 1 heterocycles. The van der Waals surface area contributed by atoms with Gasteiger partial charge in [-0.15, -0.1) is 0 Å². The molecular formula is C10H9ClFN3O2S. The number of benzene rings is 1. The van der Waals surface area contributed by atoms with Crippen molar-refractivity contribution in [3.05, 3.63) is 41.1 Å². The molecule has 2 aromatic rings. The van der Waals surface area contributed by atoms with Gasteiger partial charge in [0.25, 0.3) is 10.0 Å². The highest BCUT2D eigenvalue weighted by atomic mass is 35.5. The Kier molecular flexibility index (Phi) is 3.27. The minimum absolute atomic E-state index is 0.0484. The van der Waals surface area contributed by atoms with Gasteiger partial charge in [0.2, 0.25) is 0 Å². The maximum atomic E-state index is 13.1. The average molecular weight is 290 g/mol. The van der Waals surface area contributed by atoms with E-state index in [0.717, 1.165) is 12.1 Å². The molecule has 0 unspecified atom stereocenters. The van der Waals surface area contributed by atoms with Gasteiger partial charge in [-0.05, 0) is 25.1 Å². The van der Waals surface area contributed by atoms with Gasteiger partial charge in [0.15, 0.2) is 5.03 Å². The summed E-state index contributed by atoms with van der Waals surface area (Å²) in [5, 5.41) is 0.00822. The summed E-state index contributed by atoms with van der Waals surface area (Å²) < 4.78 is 39.1. The molecule has 5 nitrogen and oxygen atoms in total. The van der Waals surface area contributed by atoms with Gasteiger partial charge in [0.1, 0.15) is 11.6 Å². The van der Waals surface area contributed by atoms with Gasteiger partial charge in [0.05, 0.1) is 11.9 Å². The minimum Gasteiger partial charge on any atom is -0.332 e. The van der Waals surface area contributed by atoms with Gasteiger partial charge in [0, 0.05) is 5.02 Å². The van der Waals surface area contributed by atoms with Crippen LogP contribution >= 0.6 is 11.6 Å². The standard InChI is InChI=1S/C10H9ClFN3O2S/c1-6-13-5-10(14-6)18(16,17)15-9-3-7(11)2-8(12)4-9/h2-5,15H,1H3,(H,13,14). The number of aromatic amines is 1. The average Bonchev–Trinajstić information content (AvgIpc) is 2.62. The number of aryl methyl sites for hydroxylation is 1. The van der Waals surface area contributed by atoms with E-state index in [4.69, 9.17) is 11.6 Å². The SMILES string of the molecule is Cc1ncc(S(=O)(=O)Nc2cc(F)cc(Cl)c2)[nH]1. The Hall–Kier alpha value is -1.60. The second-order valence-corrected chi connectivity index (χ2v) is 5.68. The smallest absolute Gasteiger partial charge is 0.278 e. The second kappa shape index (κ2) is 4.58. The lowest BCUT2D eigenvalue weighted by Gasteiger charge is -2.06. The van der Waals surface area contributed by atoms with Crippen LogP contribution in [0, 0.1) is 12.7 Å². The maximum Gasteiger partial charge on any atom is 0.278 e. The largest absolute Gasteiger partial charge is 0.332 e. The Morgan fingerprint density at radius 3 is 2.67 bits per heavy atom. The van der Waals surface area contributed by atoms with E-state index in [1.807, 2.05) is 0 Å². The third kappa shape index (κ3) is 2.80. The fraction of sp³-hybridized carbons (Fsp3) is 0.100. The molecule has 2 N–H and O–H groups in total. The van der Waals surface area contributed by atoms with E-state index in [1.54, 1.807) is 6.92 Å². The van der Waals surface area contributed by atoms with Crippen LogP contribution in [-0.4, -0.2) is 18.4 Å². The summed E-state index contributed by atoms with van der Waals surface area (Å²) in [5.41, 5.74) is 0.0484. The molecule has 0 aliphatic rings. The number of aromatic nitrogens is 2. The predicted octanol–water partition coefficient (Wildman–Crippen LogP) is 2.31. The van der Waals surface area contributed by atoms with Crippen molar-refractivity contribution in [3.8, 4) is 0 Å². The molecule has 0 spiro atoms. The van der Waals surface area contributed by atoms with Gasteiger partial charge < -0.3 is 4.98 Å². The van der Waals surface area contributed by atoms with Gasteiger partial charge >= 0.3 is 0 Å². The van der Waals surface area contributed by atoms with Crippen LogP contribution in [0.1, 0.15) is 5.82 Å². The third-order valence-electron chi connectivity index (χ3n) is 2.08. The monoisotopic (exact) mass is 289 g/mol. The van der Waals surface area contributed by atoms with Crippen LogP contribution in [0.15, 0.2) is 29.4 Å². The molecule has 0 atom stereocenters. The molecule has 18 heavy (non-hydrogen) atoms. The van der Waals surface area contributed by atoms with Gasteiger partial charge in [-0.2, -0.15) is 8.42 Å². The molecule has 1 aromatic heterocycles. The lowest BCUT2D eigenvalue weighted by atomic mass is 10.3. The molecule has 0 saturated heterocycles. The van der Waals surface area contributed by atoms with Gasteiger partial charge in [-0.3, -0.25) is 4.72 Å². The lowest BCUT2D eigenvalue weighted by Crippen LogP contribution is -2.13. The minimum atomic E-state index is -3.82. The molecule has 0 aliphatic carbocycles. The van der Waals surface area contributed by atoms with E-state index >= 15 is 0 Å². The number of anilines is 1. The number of hydrogen-bond donors (Lipinski definition) is 2. The molecule has 0 saturated carbocycles. The fourth-order valence-corrected chi connectivity index (χ4v) is 2.59. The number of sulfonamides is 1. The molecule has 96 valence electrons.